The number of hydrogen-bond acceptors (Lipinski definition) is 3. The molecule has 1 aromatic rings. The van der Waals surface area contributed by atoms with Crippen LogP contribution in [0.4, 0.5) is 5.69 Å². The predicted molar refractivity (Wildman–Crippen MR) is 82.5 cm³/mol. The highest BCUT2D eigenvalue weighted by atomic mass is 35.5. The second-order valence-electron chi connectivity index (χ2n) is 4.36. The zero-order valence-corrected chi connectivity index (χ0v) is 13.6. The van der Waals surface area contributed by atoms with Crippen LogP contribution in [0.15, 0.2) is 5.10 Å². The molecule has 1 rings (SSSR count). The van der Waals surface area contributed by atoms with Crippen LogP contribution in [0, 0.1) is 5.92 Å². The van der Waals surface area contributed by atoms with Gasteiger partial charge in [0.1, 0.15) is 10.0 Å². The van der Waals surface area contributed by atoms with Crippen LogP contribution in [-0.4, -0.2) is 11.6 Å². The summed E-state index contributed by atoms with van der Waals surface area (Å²) in [5, 5.41) is 4.14. The zero-order valence-electron chi connectivity index (χ0n) is 11.4. The first-order chi connectivity index (χ1) is 9.29. The summed E-state index contributed by atoms with van der Waals surface area (Å²) in [6.07, 6.45) is 0.928. The molecule has 0 saturated carbocycles. The van der Waals surface area contributed by atoms with Gasteiger partial charge in [-0.05, 0) is 30.9 Å². The number of aromatic nitrogens is 1. The standard InChI is InChI=1S/C12H15Cl3N4O/c1-4-5(2)6(3)18-19-12(20)10-7(13)9(16)8(14)11(15)17-10/h5H,4H2,1-3H3,(H2,16,17)(H,19,20)/p+1/b18-6+/t5-/m0/s1. The molecule has 0 saturated heterocycles. The first-order valence-electron chi connectivity index (χ1n) is 5.99. The van der Waals surface area contributed by atoms with Crippen molar-refractivity contribution in [1.82, 2.24) is 5.43 Å². The van der Waals surface area contributed by atoms with Crippen molar-refractivity contribution in [2.24, 2.45) is 11.0 Å². The van der Waals surface area contributed by atoms with Crippen molar-refractivity contribution in [3.63, 3.8) is 0 Å². The molecule has 110 valence electrons. The number of rotatable bonds is 4. The second-order valence-corrected chi connectivity index (χ2v) is 5.49. The van der Waals surface area contributed by atoms with Crippen LogP contribution in [0.3, 0.4) is 0 Å². The summed E-state index contributed by atoms with van der Waals surface area (Å²) in [4.78, 5) is 14.6. The predicted octanol–water partition coefficient (Wildman–Crippen LogP) is 3.19. The van der Waals surface area contributed by atoms with E-state index in [2.05, 4.69) is 15.5 Å². The largest absolute Gasteiger partial charge is 0.396 e. The van der Waals surface area contributed by atoms with E-state index in [1.54, 1.807) is 0 Å². The van der Waals surface area contributed by atoms with Crippen LogP contribution in [0.2, 0.25) is 15.2 Å². The third-order valence-corrected chi connectivity index (χ3v) is 4.17. The molecule has 1 atom stereocenters. The molecular weight excluding hydrogens is 323 g/mol. The van der Waals surface area contributed by atoms with Crippen LogP contribution >= 0.6 is 34.8 Å². The summed E-state index contributed by atoms with van der Waals surface area (Å²) >= 11 is 17.6. The number of hydrogen-bond donors (Lipinski definition) is 2. The van der Waals surface area contributed by atoms with Gasteiger partial charge in [0.25, 0.3) is 10.8 Å². The lowest BCUT2D eigenvalue weighted by molar-refractivity contribution is -0.379. The number of amides is 1. The molecule has 0 unspecified atom stereocenters. The number of pyridine rings is 1. The number of hydrazone groups is 1. The summed E-state index contributed by atoms with van der Waals surface area (Å²) in [7, 11) is 0. The Kier molecular flexibility index (Phi) is 6.05. The minimum Gasteiger partial charge on any atom is -0.396 e. The van der Waals surface area contributed by atoms with Crippen LogP contribution in [0.1, 0.15) is 37.7 Å². The Morgan fingerprint density at radius 3 is 2.55 bits per heavy atom. The molecule has 0 bridgehead atoms. The Morgan fingerprint density at radius 1 is 1.40 bits per heavy atom. The molecule has 0 aliphatic carbocycles. The quantitative estimate of drug-likeness (QED) is 0.502. The molecule has 1 amide bonds. The lowest BCUT2D eigenvalue weighted by Crippen LogP contribution is -2.29. The fourth-order valence-electron chi connectivity index (χ4n) is 1.33. The Labute approximate surface area is 132 Å². The van der Waals surface area contributed by atoms with Crippen molar-refractivity contribution in [2.45, 2.75) is 27.2 Å². The number of carbonyl (C=O) groups excluding carboxylic acids is 1. The van der Waals surface area contributed by atoms with E-state index in [1.165, 1.54) is 0 Å². The molecule has 0 spiro atoms. The fraction of sp³-hybridized carbons (Fsp3) is 0.417. The van der Waals surface area contributed by atoms with Gasteiger partial charge in [-0.1, -0.05) is 37.0 Å². The highest BCUT2D eigenvalue weighted by Crippen LogP contribution is 2.31. The molecule has 0 aliphatic rings. The van der Waals surface area contributed by atoms with Gasteiger partial charge in [0, 0.05) is 5.71 Å². The third kappa shape index (κ3) is 3.75. The van der Waals surface area contributed by atoms with Gasteiger partial charge in [-0.3, -0.25) is 4.79 Å². The van der Waals surface area contributed by atoms with Gasteiger partial charge in [0.2, 0.25) is 0 Å². The van der Waals surface area contributed by atoms with Gasteiger partial charge in [0.15, 0.2) is 0 Å². The van der Waals surface area contributed by atoms with Crippen LogP contribution in [0.25, 0.3) is 0 Å². The minimum atomic E-state index is -0.539. The SMILES string of the molecule is CC[C@H](C)/C(C)=N/NC(=O)c1[nH+]c(Cl)c(Cl)c(N)c1Cl. The first kappa shape index (κ1) is 17.0. The average molecular weight is 339 g/mol. The van der Waals surface area contributed by atoms with E-state index in [4.69, 9.17) is 40.5 Å². The van der Waals surface area contributed by atoms with E-state index in [-0.39, 0.29) is 32.5 Å². The Morgan fingerprint density at radius 2 is 2.00 bits per heavy atom. The molecule has 5 nitrogen and oxygen atoms in total. The maximum absolute atomic E-state index is 12.0. The fourth-order valence-corrected chi connectivity index (χ4v) is 1.94. The molecule has 4 N–H and O–H groups in total. The highest BCUT2D eigenvalue weighted by molar-refractivity contribution is 6.45. The molecule has 1 heterocycles. The maximum Gasteiger partial charge on any atom is 0.337 e. The topological polar surface area (TPSA) is 81.6 Å². The van der Waals surface area contributed by atoms with Gasteiger partial charge >= 0.3 is 5.91 Å². The van der Waals surface area contributed by atoms with E-state index in [1.807, 2.05) is 20.8 Å². The molecule has 0 fully saturated rings. The van der Waals surface area contributed by atoms with Gasteiger partial charge in [-0.2, -0.15) is 10.1 Å². The number of nitrogens with zero attached hydrogens (tertiary/aromatic N) is 1. The van der Waals surface area contributed by atoms with Gasteiger partial charge < -0.3 is 5.73 Å². The number of aromatic amines is 1. The molecule has 0 aliphatic heterocycles. The molecule has 1 aromatic heterocycles. The van der Waals surface area contributed by atoms with Crippen molar-refractivity contribution < 1.29 is 9.78 Å². The number of nitrogen functional groups attached to an aromatic ring is 1. The zero-order chi connectivity index (χ0) is 15.4. The monoisotopic (exact) mass is 337 g/mol. The van der Waals surface area contributed by atoms with E-state index in [9.17, 15) is 4.79 Å². The summed E-state index contributed by atoms with van der Waals surface area (Å²) in [6.45, 7) is 5.89. The lowest BCUT2D eigenvalue weighted by atomic mass is 10.1. The minimum absolute atomic E-state index is 0.00768. The van der Waals surface area contributed by atoms with Crippen molar-refractivity contribution >= 4 is 52.1 Å². The Hall–Kier alpha value is -1.04. The van der Waals surface area contributed by atoms with Gasteiger partial charge in [-0.15, -0.1) is 0 Å². The number of nitrogens with two attached hydrogens (primary N) is 1. The van der Waals surface area contributed by atoms with Crippen molar-refractivity contribution in [3.05, 3.63) is 20.9 Å². The second kappa shape index (κ2) is 7.11. The van der Waals surface area contributed by atoms with Crippen LogP contribution < -0.4 is 16.1 Å². The number of nitrogens with one attached hydrogen (secondary N) is 2. The van der Waals surface area contributed by atoms with Gasteiger partial charge in [0.05, 0.1) is 5.69 Å². The summed E-state index contributed by atoms with van der Waals surface area (Å²) in [5.74, 6) is -0.267. The highest BCUT2D eigenvalue weighted by Gasteiger charge is 2.26. The maximum atomic E-state index is 12.0. The number of carbonyl (C=O) groups is 1. The smallest absolute Gasteiger partial charge is 0.337 e. The van der Waals surface area contributed by atoms with Crippen molar-refractivity contribution in [2.75, 3.05) is 5.73 Å². The molecule has 8 heteroatoms. The number of anilines is 1. The summed E-state index contributed by atoms with van der Waals surface area (Å²) in [6, 6.07) is 0. The summed E-state index contributed by atoms with van der Waals surface area (Å²) < 4.78 is 0. The van der Waals surface area contributed by atoms with E-state index in [0.717, 1.165) is 12.1 Å². The molecular formula is C12H16Cl3N4O+. The van der Waals surface area contributed by atoms with E-state index < -0.39 is 5.91 Å². The number of H-pyrrole nitrogens is 1. The third-order valence-electron chi connectivity index (χ3n) is 3.01. The Bertz CT molecular complexity index is 560. The molecule has 0 radical (unpaired) electrons. The van der Waals surface area contributed by atoms with Crippen molar-refractivity contribution in [3.8, 4) is 0 Å². The molecule has 20 heavy (non-hydrogen) atoms. The van der Waals surface area contributed by atoms with Gasteiger partial charge in [-0.25, -0.2) is 5.43 Å². The molecule has 0 aromatic carbocycles. The Balaban J connectivity index is 3.00. The normalized spacial score (nSPS) is 13.2. The van der Waals surface area contributed by atoms with Crippen molar-refractivity contribution in [1.29, 1.82) is 0 Å². The summed E-state index contributed by atoms with van der Waals surface area (Å²) in [5.41, 5.74) is 8.94. The van der Waals surface area contributed by atoms with Crippen LogP contribution in [-0.2, 0) is 0 Å². The average Bonchev–Trinajstić information content (AvgIpc) is 2.44. The van der Waals surface area contributed by atoms with E-state index in [0.29, 0.717) is 0 Å². The van der Waals surface area contributed by atoms with Crippen LogP contribution in [0.5, 0.6) is 0 Å². The first-order valence-corrected chi connectivity index (χ1v) is 7.12. The number of halogens is 3. The lowest BCUT2D eigenvalue weighted by Gasteiger charge is -2.07. The van der Waals surface area contributed by atoms with E-state index >= 15 is 0 Å².